The minimum absolute atomic E-state index is 0.0573. The predicted octanol–water partition coefficient (Wildman–Crippen LogP) is 4.88. The highest BCUT2D eigenvalue weighted by Crippen LogP contribution is 2.32. The SMILES string of the molecule is C[C@H](Oc1cc(-n2nc3n(c2=O)CCCC3)c(F)cc1C(=O)Nc1cc(F)ccc1Cl)C(F)(F)F. The van der Waals surface area contributed by atoms with Crippen LogP contribution in [0.1, 0.15) is 35.9 Å². The van der Waals surface area contributed by atoms with E-state index in [0.717, 1.165) is 41.8 Å². The zero-order valence-corrected chi connectivity index (χ0v) is 18.9. The lowest BCUT2D eigenvalue weighted by atomic mass is 10.1. The maximum Gasteiger partial charge on any atom is 0.425 e. The van der Waals surface area contributed by atoms with E-state index in [-0.39, 0.29) is 10.7 Å². The Labute approximate surface area is 200 Å². The summed E-state index contributed by atoms with van der Waals surface area (Å²) in [6, 6.07) is 4.51. The molecule has 0 saturated heterocycles. The maximum absolute atomic E-state index is 15.1. The molecule has 3 aromatic rings. The molecule has 2 aromatic carbocycles. The van der Waals surface area contributed by atoms with Gasteiger partial charge in [-0.25, -0.2) is 13.6 Å². The fourth-order valence-corrected chi connectivity index (χ4v) is 3.74. The van der Waals surface area contributed by atoms with Crippen LogP contribution in [0.4, 0.5) is 27.6 Å². The number of nitrogens with zero attached hydrogens (tertiary/aromatic N) is 3. The van der Waals surface area contributed by atoms with Gasteiger partial charge in [-0.3, -0.25) is 9.36 Å². The fourth-order valence-electron chi connectivity index (χ4n) is 3.58. The smallest absolute Gasteiger partial charge is 0.425 e. The monoisotopic (exact) mass is 516 g/mol. The molecule has 1 N–H and O–H groups in total. The van der Waals surface area contributed by atoms with E-state index in [0.29, 0.717) is 31.8 Å². The minimum atomic E-state index is -4.81. The summed E-state index contributed by atoms with van der Waals surface area (Å²) in [5, 5.41) is 6.28. The van der Waals surface area contributed by atoms with Gasteiger partial charge in [-0.1, -0.05) is 11.6 Å². The first kappa shape index (κ1) is 24.7. The molecule has 35 heavy (non-hydrogen) atoms. The van der Waals surface area contributed by atoms with Crippen LogP contribution in [-0.4, -0.2) is 32.5 Å². The standard InChI is InChI=1S/C22H18ClF5N4O3/c1-11(22(26,27)28)35-18-10-17(32-21(34)31-7-3-2-4-19(31)30-32)15(25)9-13(18)20(33)29-16-8-12(24)5-6-14(16)23/h5-6,8-11H,2-4,7H2,1H3,(H,29,33)/t11-/m0/s1. The molecule has 0 radical (unpaired) electrons. The van der Waals surface area contributed by atoms with Gasteiger partial charge in [-0.2, -0.15) is 17.9 Å². The van der Waals surface area contributed by atoms with Crippen LogP contribution >= 0.6 is 11.6 Å². The third kappa shape index (κ3) is 5.02. The van der Waals surface area contributed by atoms with E-state index in [1.54, 1.807) is 0 Å². The van der Waals surface area contributed by atoms with E-state index < -0.39 is 52.5 Å². The molecule has 0 spiro atoms. The number of carbonyl (C=O) groups is 1. The van der Waals surface area contributed by atoms with E-state index in [1.807, 2.05) is 0 Å². The fraction of sp³-hybridized carbons (Fsp3) is 0.318. The first-order chi connectivity index (χ1) is 16.5. The highest BCUT2D eigenvalue weighted by Gasteiger charge is 2.39. The number of hydrogen-bond donors (Lipinski definition) is 1. The summed E-state index contributed by atoms with van der Waals surface area (Å²) in [6.45, 7) is 1.08. The Balaban J connectivity index is 1.80. The van der Waals surface area contributed by atoms with Crippen LogP contribution < -0.4 is 15.7 Å². The zero-order chi connectivity index (χ0) is 25.5. The number of hydrogen-bond acceptors (Lipinski definition) is 4. The molecular formula is C22H18ClF5N4O3. The average Bonchev–Trinajstić information content (AvgIpc) is 3.13. The van der Waals surface area contributed by atoms with Crippen molar-refractivity contribution in [1.29, 1.82) is 0 Å². The summed E-state index contributed by atoms with van der Waals surface area (Å²) in [6.07, 6.45) is -5.21. The molecule has 1 amide bonds. The molecule has 1 aliphatic heterocycles. The van der Waals surface area contributed by atoms with Crippen molar-refractivity contribution in [2.45, 2.75) is 45.0 Å². The van der Waals surface area contributed by atoms with Crippen LogP contribution in [0.25, 0.3) is 5.69 Å². The van der Waals surface area contributed by atoms with Crippen molar-refractivity contribution in [2.75, 3.05) is 5.32 Å². The molecule has 4 rings (SSSR count). The molecule has 0 unspecified atom stereocenters. The third-order valence-corrected chi connectivity index (χ3v) is 5.76. The zero-order valence-electron chi connectivity index (χ0n) is 18.1. The van der Waals surface area contributed by atoms with Crippen LogP contribution in [0.3, 0.4) is 0 Å². The molecule has 0 saturated carbocycles. The number of ether oxygens (including phenoxy) is 1. The number of fused-ring (bicyclic) bond motifs is 1. The Bertz CT molecular complexity index is 1350. The van der Waals surface area contributed by atoms with Gasteiger partial charge in [0.15, 0.2) is 6.10 Å². The molecule has 186 valence electrons. The summed E-state index contributed by atoms with van der Waals surface area (Å²) in [7, 11) is 0. The summed E-state index contributed by atoms with van der Waals surface area (Å²) in [5.74, 6) is -3.20. The molecule has 0 bridgehead atoms. The number of halogens is 6. The van der Waals surface area contributed by atoms with E-state index in [2.05, 4.69) is 10.4 Å². The summed E-state index contributed by atoms with van der Waals surface area (Å²) >= 11 is 5.93. The first-order valence-electron chi connectivity index (χ1n) is 10.5. The van der Waals surface area contributed by atoms with Crippen LogP contribution in [0.5, 0.6) is 5.75 Å². The van der Waals surface area contributed by atoms with Gasteiger partial charge >= 0.3 is 11.9 Å². The van der Waals surface area contributed by atoms with Crippen molar-refractivity contribution < 1.29 is 31.5 Å². The predicted molar refractivity (Wildman–Crippen MR) is 116 cm³/mol. The van der Waals surface area contributed by atoms with Gasteiger partial charge in [0.25, 0.3) is 5.91 Å². The van der Waals surface area contributed by atoms with E-state index in [4.69, 9.17) is 16.3 Å². The molecule has 2 heterocycles. The number of amides is 1. The van der Waals surface area contributed by atoms with Gasteiger partial charge in [0.2, 0.25) is 0 Å². The summed E-state index contributed by atoms with van der Waals surface area (Å²) in [4.78, 5) is 25.6. The largest absolute Gasteiger partial charge is 0.480 e. The van der Waals surface area contributed by atoms with Crippen LogP contribution in [0.2, 0.25) is 5.02 Å². The Hall–Kier alpha value is -3.41. The molecule has 7 nitrogen and oxygen atoms in total. The van der Waals surface area contributed by atoms with Gasteiger partial charge < -0.3 is 10.1 Å². The van der Waals surface area contributed by atoms with Gasteiger partial charge in [-0.15, -0.1) is 5.10 Å². The third-order valence-electron chi connectivity index (χ3n) is 5.43. The van der Waals surface area contributed by atoms with Gasteiger partial charge in [0.05, 0.1) is 16.3 Å². The molecule has 13 heteroatoms. The number of nitrogens with one attached hydrogen (secondary N) is 1. The normalized spacial score (nSPS) is 14.4. The van der Waals surface area contributed by atoms with Gasteiger partial charge in [0, 0.05) is 19.0 Å². The van der Waals surface area contributed by atoms with Gasteiger partial charge in [0.1, 0.15) is 28.9 Å². The number of benzene rings is 2. The second kappa shape index (κ2) is 9.33. The van der Waals surface area contributed by atoms with E-state index in [9.17, 15) is 27.2 Å². The highest BCUT2D eigenvalue weighted by molar-refractivity contribution is 6.34. The quantitative estimate of drug-likeness (QED) is 0.490. The molecule has 0 aliphatic carbocycles. The number of alkyl halides is 3. The lowest BCUT2D eigenvalue weighted by Crippen LogP contribution is -2.32. The van der Waals surface area contributed by atoms with Crippen molar-refractivity contribution in [2.24, 2.45) is 0 Å². The van der Waals surface area contributed by atoms with Crippen molar-refractivity contribution in [1.82, 2.24) is 14.3 Å². The van der Waals surface area contributed by atoms with Crippen molar-refractivity contribution in [3.05, 3.63) is 68.9 Å². The minimum Gasteiger partial charge on any atom is -0.480 e. The average molecular weight is 517 g/mol. The molecule has 1 aromatic heterocycles. The van der Waals surface area contributed by atoms with Crippen molar-refractivity contribution in [3.8, 4) is 11.4 Å². The first-order valence-corrected chi connectivity index (χ1v) is 10.9. The topological polar surface area (TPSA) is 78.2 Å². The second-order valence-corrected chi connectivity index (χ2v) is 8.31. The number of aromatic nitrogens is 3. The van der Waals surface area contributed by atoms with Crippen LogP contribution in [0, 0.1) is 11.6 Å². The summed E-state index contributed by atoms with van der Waals surface area (Å²) < 4.78 is 75.4. The highest BCUT2D eigenvalue weighted by atomic mass is 35.5. The molecular weight excluding hydrogens is 499 g/mol. The van der Waals surface area contributed by atoms with Gasteiger partial charge in [-0.05, 0) is 44.0 Å². The Kier molecular flexibility index (Phi) is 6.58. The maximum atomic E-state index is 15.1. The van der Waals surface area contributed by atoms with Crippen LogP contribution in [-0.2, 0) is 13.0 Å². The van der Waals surface area contributed by atoms with E-state index in [1.165, 1.54) is 4.57 Å². The Morgan fingerprint density at radius 3 is 2.63 bits per heavy atom. The lowest BCUT2D eigenvalue weighted by Gasteiger charge is -2.20. The molecule has 0 fully saturated rings. The number of carbonyl (C=O) groups excluding carboxylic acids is 1. The summed E-state index contributed by atoms with van der Waals surface area (Å²) in [5.41, 5.74) is -1.97. The number of anilines is 1. The molecule has 1 atom stereocenters. The van der Waals surface area contributed by atoms with Crippen molar-refractivity contribution in [3.63, 3.8) is 0 Å². The number of aryl methyl sites for hydroxylation is 1. The Morgan fingerprint density at radius 2 is 1.94 bits per heavy atom. The second-order valence-electron chi connectivity index (χ2n) is 7.90. The number of rotatable bonds is 5. The van der Waals surface area contributed by atoms with Crippen molar-refractivity contribution >= 4 is 23.2 Å². The van der Waals surface area contributed by atoms with E-state index >= 15 is 4.39 Å². The Morgan fingerprint density at radius 1 is 1.20 bits per heavy atom. The lowest BCUT2D eigenvalue weighted by molar-refractivity contribution is -0.189. The molecule has 1 aliphatic rings. The van der Waals surface area contributed by atoms with Crippen LogP contribution in [0.15, 0.2) is 35.1 Å².